The first-order chi connectivity index (χ1) is 23.2. The largest absolute Gasteiger partial charge is 0.483 e. The van der Waals surface area contributed by atoms with E-state index < -0.39 is 33.2 Å². The smallest absolute Gasteiger partial charge is 0.420 e. The zero-order valence-electron chi connectivity index (χ0n) is 30.9. The van der Waals surface area contributed by atoms with Crippen LogP contribution in [0.3, 0.4) is 0 Å². The predicted octanol–water partition coefficient (Wildman–Crippen LogP) is 5.74. The zero-order chi connectivity index (χ0) is 36.4. The second-order valence-corrected chi connectivity index (χ2v) is 18.7. The van der Waals surface area contributed by atoms with E-state index in [2.05, 4.69) is 27.9 Å². The number of anilines is 3. The fourth-order valence-electron chi connectivity index (χ4n) is 7.46. The molecule has 2 amide bonds. The van der Waals surface area contributed by atoms with Crippen LogP contribution in [-0.4, -0.2) is 108 Å². The van der Waals surface area contributed by atoms with Crippen LogP contribution in [0.4, 0.5) is 26.9 Å². The molecule has 0 radical (unpaired) electrons. The molecule has 3 fully saturated rings. The molecule has 0 spiro atoms. The number of aryl methyl sites for hydroxylation is 1. The van der Waals surface area contributed by atoms with Gasteiger partial charge in [0.1, 0.15) is 35.2 Å². The molecule has 0 saturated carbocycles. The first-order valence-electron chi connectivity index (χ1n) is 17.6. The van der Waals surface area contributed by atoms with Gasteiger partial charge in [0.05, 0.1) is 28.3 Å². The Kier molecular flexibility index (Phi) is 9.28. The number of amides is 2. The van der Waals surface area contributed by atoms with Crippen molar-refractivity contribution in [3.8, 4) is 5.75 Å². The van der Waals surface area contributed by atoms with Gasteiger partial charge in [-0.3, -0.25) is 4.90 Å². The number of sulfone groups is 1. The van der Waals surface area contributed by atoms with Crippen LogP contribution in [0.1, 0.15) is 96.9 Å². The number of ether oxygens (including phenoxy) is 3. The van der Waals surface area contributed by atoms with Gasteiger partial charge in [0, 0.05) is 26.2 Å². The van der Waals surface area contributed by atoms with Crippen LogP contribution in [0.2, 0.25) is 0 Å². The lowest BCUT2D eigenvalue weighted by molar-refractivity contribution is -0.0629. The van der Waals surface area contributed by atoms with Crippen molar-refractivity contribution >= 4 is 39.3 Å². The Morgan fingerprint density at radius 2 is 1.48 bits per heavy atom. The Labute approximate surface area is 296 Å². The highest BCUT2D eigenvalue weighted by Crippen LogP contribution is 2.49. The molecule has 6 rings (SSSR count). The predicted molar refractivity (Wildman–Crippen MR) is 191 cm³/mol. The summed E-state index contributed by atoms with van der Waals surface area (Å²) < 4.78 is 42.7. The Balaban J connectivity index is 1.29. The van der Waals surface area contributed by atoms with Crippen LogP contribution in [0.25, 0.3) is 0 Å². The molecule has 1 aromatic heterocycles. The number of carbonyl (C=O) groups is 2. The lowest BCUT2D eigenvalue weighted by atomic mass is 9.83. The summed E-state index contributed by atoms with van der Waals surface area (Å²) in [5.74, 6) is 1.79. The number of hydrogen-bond donors (Lipinski definition) is 0. The lowest BCUT2D eigenvalue weighted by Gasteiger charge is -2.55. The molecule has 50 heavy (non-hydrogen) atoms. The van der Waals surface area contributed by atoms with Crippen LogP contribution < -0.4 is 14.5 Å². The van der Waals surface area contributed by atoms with Crippen LogP contribution in [0.5, 0.6) is 5.75 Å². The lowest BCUT2D eigenvalue weighted by Crippen LogP contribution is -2.70. The number of fused-ring (bicyclic) bond motifs is 2. The fourth-order valence-corrected chi connectivity index (χ4v) is 8.66. The first kappa shape index (κ1) is 36.2. The third-order valence-electron chi connectivity index (χ3n) is 9.94. The third-order valence-corrected chi connectivity index (χ3v) is 11.5. The highest BCUT2D eigenvalue weighted by molar-refractivity contribution is 7.91. The maximum atomic E-state index is 14.2. The standard InChI is InChI=1S/C36H52N6O7S/c1-23-18-26(25-10-12-41(13-11-25)36(9)20-40(21-36)32(43)48-34(3,4)5)19-27-29(23)47-24(2)28-30(39-14-16-50(45,46)17-15-39)37-22-38-31(28)42(27)33(44)49-35(6,7)8/h18-19,22,24-25H,10-17,20-21H2,1-9H3/t24-/m1/s1. The van der Waals surface area contributed by atoms with E-state index in [-0.39, 0.29) is 42.1 Å². The normalized spacial score (nSPS) is 22.4. The molecule has 0 N–H and O–H groups in total. The number of benzene rings is 1. The molecule has 3 saturated heterocycles. The molecular formula is C36H52N6O7S. The van der Waals surface area contributed by atoms with Crippen molar-refractivity contribution in [1.82, 2.24) is 19.8 Å². The van der Waals surface area contributed by atoms with Gasteiger partial charge in [-0.25, -0.2) is 32.9 Å². The van der Waals surface area contributed by atoms with E-state index in [1.54, 1.807) is 4.90 Å². The summed E-state index contributed by atoms with van der Waals surface area (Å²) in [5.41, 5.74) is 1.78. The van der Waals surface area contributed by atoms with E-state index in [0.717, 1.165) is 37.1 Å². The SMILES string of the molecule is Cc1cc(C2CCN(C3(C)CN(C(=O)OC(C)(C)C)C3)CC2)cc2c1O[C@H](C)c1c(N3CCS(=O)(=O)CC3)ncnc1N2C(=O)OC(C)(C)C. The van der Waals surface area contributed by atoms with Gasteiger partial charge in [-0.1, -0.05) is 6.07 Å². The highest BCUT2D eigenvalue weighted by atomic mass is 32.2. The van der Waals surface area contributed by atoms with E-state index in [0.29, 0.717) is 41.7 Å². The van der Waals surface area contributed by atoms with E-state index in [1.165, 1.54) is 11.2 Å². The minimum Gasteiger partial charge on any atom is -0.483 e. The van der Waals surface area contributed by atoms with Gasteiger partial charge in [0.25, 0.3) is 0 Å². The number of hydrogen-bond acceptors (Lipinski definition) is 11. The van der Waals surface area contributed by atoms with Crippen molar-refractivity contribution < 1.29 is 32.2 Å². The van der Waals surface area contributed by atoms with Gasteiger partial charge in [-0.2, -0.15) is 0 Å². The van der Waals surface area contributed by atoms with Crippen molar-refractivity contribution in [1.29, 1.82) is 0 Å². The second-order valence-electron chi connectivity index (χ2n) is 16.4. The third kappa shape index (κ3) is 7.37. The molecule has 0 aliphatic carbocycles. The summed E-state index contributed by atoms with van der Waals surface area (Å²) in [6, 6.07) is 4.20. The molecule has 14 heteroatoms. The van der Waals surface area contributed by atoms with E-state index in [4.69, 9.17) is 14.2 Å². The monoisotopic (exact) mass is 712 g/mol. The van der Waals surface area contributed by atoms with E-state index in [9.17, 15) is 18.0 Å². The van der Waals surface area contributed by atoms with Gasteiger partial charge < -0.3 is 24.0 Å². The summed E-state index contributed by atoms with van der Waals surface area (Å²) in [5, 5.41) is 0. The number of carbonyl (C=O) groups excluding carboxylic acids is 2. The Hall–Kier alpha value is -3.65. The minimum atomic E-state index is -3.12. The van der Waals surface area contributed by atoms with Crippen LogP contribution in [0, 0.1) is 6.92 Å². The number of piperidine rings is 1. The van der Waals surface area contributed by atoms with Crippen molar-refractivity contribution in [2.45, 2.75) is 104 Å². The summed E-state index contributed by atoms with van der Waals surface area (Å²) in [6.07, 6.45) is 1.88. The Bertz CT molecular complexity index is 1740. The average molecular weight is 713 g/mol. The van der Waals surface area contributed by atoms with Crippen LogP contribution >= 0.6 is 0 Å². The van der Waals surface area contributed by atoms with Crippen molar-refractivity contribution in [3.63, 3.8) is 0 Å². The molecule has 0 unspecified atom stereocenters. The molecule has 2 aromatic rings. The molecule has 1 atom stereocenters. The van der Waals surface area contributed by atoms with E-state index >= 15 is 0 Å². The minimum absolute atomic E-state index is 0.0272. The number of rotatable bonds is 3. The summed E-state index contributed by atoms with van der Waals surface area (Å²) >= 11 is 0. The second kappa shape index (κ2) is 12.8. The molecule has 274 valence electrons. The van der Waals surface area contributed by atoms with Crippen LogP contribution in [0.15, 0.2) is 18.5 Å². The molecule has 4 aliphatic rings. The highest BCUT2D eigenvalue weighted by Gasteiger charge is 2.48. The molecule has 1 aromatic carbocycles. The van der Waals surface area contributed by atoms with Gasteiger partial charge in [-0.15, -0.1) is 0 Å². The van der Waals surface area contributed by atoms with Gasteiger partial charge in [0.15, 0.2) is 15.7 Å². The summed E-state index contributed by atoms with van der Waals surface area (Å²) in [7, 11) is -3.12. The fraction of sp³-hybridized carbons (Fsp3) is 0.667. The van der Waals surface area contributed by atoms with Crippen molar-refractivity contribution in [3.05, 3.63) is 35.2 Å². The van der Waals surface area contributed by atoms with Crippen molar-refractivity contribution in [2.24, 2.45) is 0 Å². The van der Waals surface area contributed by atoms with Gasteiger partial charge in [-0.05, 0) is 111 Å². The number of likely N-dealkylation sites (tertiary alicyclic amines) is 2. The average Bonchev–Trinajstić information content (AvgIpc) is 3.12. The molecule has 0 bridgehead atoms. The first-order valence-corrected chi connectivity index (χ1v) is 19.4. The summed E-state index contributed by atoms with van der Waals surface area (Å²) in [4.78, 5) is 43.7. The quantitative estimate of drug-likeness (QED) is 0.386. The summed E-state index contributed by atoms with van der Waals surface area (Å²) in [6.45, 7) is 20.9. The molecule has 4 aliphatic heterocycles. The molecule has 13 nitrogen and oxygen atoms in total. The van der Waals surface area contributed by atoms with Gasteiger partial charge in [0.2, 0.25) is 0 Å². The number of nitrogens with zero attached hydrogens (tertiary/aromatic N) is 6. The topological polar surface area (TPSA) is 135 Å². The number of aromatic nitrogens is 2. The Morgan fingerprint density at radius 3 is 2.08 bits per heavy atom. The maximum Gasteiger partial charge on any atom is 0.420 e. The van der Waals surface area contributed by atoms with Gasteiger partial charge >= 0.3 is 12.2 Å². The zero-order valence-corrected chi connectivity index (χ0v) is 31.7. The molecular weight excluding hydrogens is 660 g/mol. The molecule has 5 heterocycles. The van der Waals surface area contributed by atoms with Crippen molar-refractivity contribution in [2.75, 3.05) is 60.6 Å². The maximum absolute atomic E-state index is 14.2. The van der Waals surface area contributed by atoms with E-state index in [1.807, 2.05) is 66.4 Å². The Morgan fingerprint density at radius 1 is 0.900 bits per heavy atom. The van der Waals surface area contributed by atoms with Crippen LogP contribution in [-0.2, 0) is 19.3 Å².